The highest BCUT2D eigenvalue weighted by Gasteiger charge is 2.11. The second-order valence-corrected chi connectivity index (χ2v) is 6.50. The molecule has 0 fully saturated rings. The van der Waals surface area contributed by atoms with Crippen molar-refractivity contribution in [3.8, 4) is 10.6 Å². The van der Waals surface area contributed by atoms with Gasteiger partial charge in [0, 0.05) is 18.2 Å². The van der Waals surface area contributed by atoms with Gasteiger partial charge in [-0.25, -0.2) is 0 Å². The van der Waals surface area contributed by atoms with Crippen LogP contribution in [0, 0.1) is 5.41 Å². The third kappa shape index (κ3) is 3.75. The number of nitrogens with one attached hydrogen (secondary N) is 1. The number of Topliss-reactive ketones (excluding diaryl/α,β-unsaturated/α-hetero) is 1. The number of aryl methyl sites for hydroxylation is 1. The molecule has 3 rings (SSSR count). The maximum absolute atomic E-state index is 12.4. The van der Waals surface area contributed by atoms with Crippen LogP contribution >= 0.6 is 11.3 Å². The normalized spacial score (nSPS) is 10.5. The highest BCUT2D eigenvalue weighted by molar-refractivity contribution is 7.17. The van der Waals surface area contributed by atoms with Gasteiger partial charge in [-0.2, -0.15) is 0 Å². The molecule has 0 saturated heterocycles. The molecule has 0 saturated carbocycles. The lowest BCUT2D eigenvalue weighted by Gasteiger charge is -2.02. The molecular formula is C19H17N3OS. The van der Waals surface area contributed by atoms with Gasteiger partial charge in [0.25, 0.3) is 0 Å². The standard InChI is InChI=1S/C19H17N3OS/c20-19(21)14-7-4-13(5-8-14)6-9-16(23)18-11-10-17(24-18)15-3-1-2-12-22-15/h1-5,7-8,10-12H,6,9H2,(H3,20,21). The Hall–Kier alpha value is -2.79. The van der Waals surface area contributed by atoms with Crippen LogP contribution in [0.25, 0.3) is 10.6 Å². The number of hydrogen-bond donors (Lipinski definition) is 2. The maximum Gasteiger partial charge on any atom is 0.173 e. The van der Waals surface area contributed by atoms with Crippen LogP contribution in [0.4, 0.5) is 0 Å². The molecule has 4 nitrogen and oxygen atoms in total. The quantitative estimate of drug-likeness (QED) is 0.407. The van der Waals surface area contributed by atoms with E-state index in [0.29, 0.717) is 18.4 Å². The molecular weight excluding hydrogens is 318 g/mol. The highest BCUT2D eigenvalue weighted by atomic mass is 32.1. The van der Waals surface area contributed by atoms with Crippen LogP contribution in [-0.4, -0.2) is 16.6 Å². The van der Waals surface area contributed by atoms with Gasteiger partial charge in [-0.3, -0.25) is 15.2 Å². The predicted molar refractivity (Wildman–Crippen MR) is 97.7 cm³/mol. The molecule has 1 aromatic carbocycles. The molecule has 0 radical (unpaired) electrons. The van der Waals surface area contributed by atoms with E-state index >= 15 is 0 Å². The van der Waals surface area contributed by atoms with Crippen LogP contribution < -0.4 is 5.73 Å². The van der Waals surface area contributed by atoms with Crippen molar-refractivity contribution in [2.75, 3.05) is 0 Å². The van der Waals surface area contributed by atoms with Crippen molar-refractivity contribution in [1.82, 2.24) is 4.98 Å². The summed E-state index contributed by atoms with van der Waals surface area (Å²) in [5.41, 5.74) is 8.09. The van der Waals surface area contributed by atoms with Crippen molar-refractivity contribution >= 4 is 23.0 Å². The van der Waals surface area contributed by atoms with Crippen molar-refractivity contribution in [3.05, 3.63) is 76.8 Å². The van der Waals surface area contributed by atoms with E-state index in [9.17, 15) is 4.79 Å². The molecule has 0 bridgehead atoms. The van der Waals surface area contributed by atoms with E-state index in [-0.39, 0.29) is 11.6 Å². The van der Waals surface area contributed by atoms with Crippen LogP contribution in [0.1, 0.15) is 27.2 Å². The summed E-state index contributed by atoms with van der Waals surface area (Å²) in [4.78, 5) is 18.4. The zero-order valence-corrected chi connectivity index (χ0v) is 13.8. The Morgan fingerprint density at radius 2 is 1.88 bits per heavy atom. The van der Waals surface area contributed by atoms with Gasteiger partial charge in [-0.15, -0.1) is 11.3 Å². The molecule has 3 aromatic rings. The molecule has 0 aliphatic heterocycles. The minimum Gasteiger partial charge on any atom is -0.384 e. The third-order valence-electron chi connectivity index (χ3n) is 3.70. The van der Waals surface area contributed by atoms with Crippen LogP contribution in [-0.2, 0) is 6.42 Å². The maximum atomic E-state index is 12.4. The van der Waals surface area contributed by atoms with Gasteiger partial charge in [0.05, 0.1) is 15.4 Å². The molecule has 0 amide bonds. The lowest BCUT2D eigenvalue weighted by molar-refractivity contribution is 0.0986. The summed E-state index contributed by atoms with van der Waals surface area (Å²) in [6.45, 7) is 0. The first-order valence-corrected chi connectivity index (χ1v) is 8.43. The minimum absolute atomic E-state index is 0.0539. The van der Waals surface area contributed by atoms with Gasteiger partial charge < -0.3 is 5.73 Å². The molecule has 120 valence electrons. The summed E-state index contributed by atoms with van der Waals surface area (Å²) < 4.78 is 0. The fourth-order valence-electron chi connectivity index (χ4n) is 2.37. The van der Waals surface area contributed by atoms with Crippen LogP contribution in [0.3, 0.4) is 0 Å². The van der Waals surface area contributed by atoms with Crippen molar-refractivity contribution in [3.63, 3.8) is 0 Å². The fraction of sp³-hybridized carbons (Fsp3) is 0.105. The zero-order valence-electron chi connectivity index (χ0n) is 13.0. The summed E-state index contributed by atoms with van der Waals surface area (Å²) in [5, 5.41) is 7.38. The largest absolute Gasteiger partial charge is 0.384 e. The Balaban J connectivity index is 1.63. The Kier molecular flexibility index (Phi) is 4.82. The smallest absolute Gasteiger partial charge is 0.173 e. The van der Waals surface area contributed by atoms with E-state index in [1.807, 2.05) is 54.6 Å². The average molecular weight is 335 g/mol. The minimum atomic E-state index is 0.0539. The number of thiophene rings is 1. The predicted octanol–water partition coefficient (Wildman–Crippen LogP) is 3.91. The van der Waals surface area contributed by atoms with Crippen molar-refractivity contribution in [1.29, 1.82) is 5.41 Å². The number of amidine groups is 1. The topological polar surface area (TPSA) is 79.8 Å². The summed E-state index contributed by atoms with van der Waals surface area (Å²) in [7, 11) is 0. The molecule has 2 aromatic heterocycles. The molecule has 0 atom stereocenters. The van der Waals surface area contributed by atoms with Gasteiger partial charge in [0.1, 0.15) is 5.84 Å². The number of carbonyl (C=O) groups excluding carboxylic acids is 1. The second-order valence-electron chi connectivity index (χ2n) is 5.41. The number of rotatable bonds is 6. The summed E-state index contributed by atoms with van der Waals surface area (Å²) in [6.07, 6.45) is 2.89. The summed E-state index contributed by atoms with van der Waals surface area (Å²) in [5.74, 6) is 0.191. The molecule has 0 spiro atoms. The van der Waals surface area contributed by atoms with E-state index in [1.165, 1.54) is 11.3 Å². The highest BCUT2D eigenvalue weighted by Crippen LogP contribution is 2.27. The van der Waals surface area contributed by atoms with E-state index in [0.717, 1.165) is 21.0 Å². The second kappa shape index (κ2) is 7.19. The van der Waals surface area contributed by atoms with Gasteiger partial charge in [-0.1, -0.05) is 30.3 Å². The number of nitrogen functional groups attached to an aromatic ring is 1. The van der Waals surface area contributed by atoms with Gasteiger partial charge in [0.15, 0.2) is 5.78 Å². The number of benzene rings is 1. The number of hydrogen-bond acceptors (Lipinski definition) is 4. The van der Waals surface area contributed by atoms with Gasteiger partial charge in [-0.05, 0) is 36.2 Å². The number of nitrogens with zero attached hydrogens (tertiary/aromatic N) is 1. The van der Waals surface area contributed by atoms with Crippen molar-refractivity contribution < 1.29 is 4.79 Å². The number of pyridine rings is 1. The molecule has 0 aliphatic carbocycles. The lowest BCUT2D eigenvalue weighted by Crippen LogP contribution is -2.10. The fourth-order valence-corrected chi connectivity index (χ4v) is 3.32. The van der Waals surface area contributed by atoms with Crippen LogP contribution in [0.2, 0.25) is 0 Å². The van der Waals surface area contributed by atoms with Crippen molar-refractivity contribution in [2.45, 2.75) is 12.8 Å². The number of aromatic nitrogens is 1. The molecule has 5 heteroatoms. The van der Waals surface area contributed by atoms with Crippen LogP contribution in [0.5, 0.6) is 0 Å². The van der Waals surface area contributed by atoms with Crippen molar-refractivity contribution in [2.24, 2.45) is 5.73 Å². The number of carbonyl (C=O) groups is 1. The van der Waals surface area contributed by atoms with Gasteiger partial charge >= 0.3 is 0 Å². The third-order valence-corrected chi connectivity index (χ3v) is 4.85. The molecule has 2 heterocycles. The van der Waals surface area contributed by atoms with E-state index in [4.69, 9.17) is 11.1 Å². The monoisotopic (exact) mass is 335 g/mol. The molecule has 3 N–H and O–H groups in total. The Morgan fingerprint density at radius 1 is 1.08 bits per heavy atom. The Labute approximate surface area is 144 Å². The first-order valence-electron chi connectivity index (χ1n) is 7.61. The molecule has 0 unspecified atom stereocenters. The zero-order chi connectivity index (χ0) is 16.9. The number of nitrogens with two attached hydrogens (primary N) is 1. The average Bonchev–Trinajstić information content (AvgIpc) is 3.11. The lowest BCUT2D eigenvalue weighted by atomic mass is 10.0. The van der Waals surface area contributed by atoms with E-state index in [2.05, 4.69) is 4.98 Å². The van der Waals surface area contributed by atoms with E-state index < -0.39 is 0 Å². The Bertz CT molecular complexity index is 854. The molecule has 0 aliphatic rings. The SMILES string of the molecule is N=C(N)c1ccc(CCC(=O)c2ccc(-c3ccccn3)s2)cc1. The summed E-state index contributed by atoms with van der Waals surface area (Å²) in [6, 6.07) is 17.0. The number of ketones is 1. The van der Waals surface area contributed by atoms with E-state index in [1.54, 1.807) is 6.20 Å². The molecule has 24 heavy (non-hydrogen) atoms. The first-order chi connectivity index (χ1) is 11.6. The van der Waals surface area contributed by atoms with Crippen LogP contribution in [0.15, 0.2) is 60.8 Å². The first kappa shape index (κ1) is 16.1. The van der Waals surface area contributed by atoms with Gasteiger partial charge in [0.2, 0.25) is 0 Å². The Morgan fingerprint density at radius 3 is 2.54 bits per heavy atom. The summed E-state index contributed by atoms with van der Waals surface area (Å²) >= 11 is 1.48.